The lowest BCUT2D eigenvalue weighted by atomic mass is 10.0. The van der Waals surface area contributed by atoms with E-state index in [0.717, 1.165) is 5.56 Å². The summed E-state index contributed by atoms with van der Waals surface area (Å²) in [6.07, 6.45) is 1.45. The maximum absolute atomic E-state index is 11.0. The van der Waals surface area contributed by atoms with Crippen LogP contribution in [0.1, 0.15) is 15.9 Å². The van der Waals surface area contributed by atoms with E-state index >= 15 is 0 Å². The minimum absolute atomic E-state index is 0.171. The number of pyridine rings is 1. The van der Waals surface area contributed by atoms with Crippen LogP contribution in [0.2, 0.25) is 5.02 Å². The van der Waals surface area contributed by atoms with Gasteiger partial charge in [0.2, 0.25) is 0 Å². The van der Waals surface area contributed by atoms with Gasteiger partial charge < -0.3 is 9.84 Å². The molecule has 0 fully saturated rings. The van der Waals surface area contributed by atoms with Gasteiger partial charge >= 0.3 is 5.97 Å². The molecule has 0 saturated carbocycles. The first-order chi connectivity index (χ1) is 9.02. The lowest BCUT2D eigenvalue weighted by Crippen LogP contribution is -1.98. The van der Waals surface area contributed by atoms with Crippen molar-refractivity contribution in [2.45, 2.75) is 6.92 Å². The molecule has 0 spiro atoms. The molecule has 4 nitrogen and oxygen atoms in total. The van der Waals surface area contributed by atoms with E-state index in [4.69, 9.17) is 21.4 Å². The van der Waals surface area contributed by atoms with Crippen LogP contribution in [0.3, 0.4) is 0 Å². The SMILES string of the molecule is COc1c(C)cc(Cl)cc1-c1cc(C(=O)O)ccn1. The highest BCUT2D eigenvalue weighted by atomic mass is 35.5. The van der Waals surface area contributed by atoms with E-state index in [0.29, 0.717) is 22.0 Å². The van der Waals surface area contributed by atoms with Crippen LogP contribution in [0.4, 0.5) is 0 Å². The lowest BCUT2D eigenvalue weighted by Gasteiger charge is -2.12. The van der Waals surface area contributed by atoms with E-state index in [1.165, 1.54) is 18.3 Å². The fourth-order valence-corrected chi connectivity index (χ4v) is 2.17. The first-order valence-corrected chi connectivity index (χ1v) is 5.94. The first kappa shape index (κ1) is 13.4. The molecule has 0 aliphatic carbocycles. The third kappa shape index (κ3) is 2.69. The number of carboxylic acid groups (broad SMARTS) is 1. The Bertz CT molecular complexity index is 641. The third-order valence-electron chi connectivity index (χ3n) is 2.73. The molecule has 0 saturated heterocycles. The van der Waals surface area contributed by atoms with Gasteiger partial charge in [0.1, 0.15) is 5.75 Å². The fourth-order valence-electron chi connectivity index (χ4n) is 1.90. The third-order valence-corrected chi connectivity index (χ3v) is 2.94. The Balaban J connectivity index is 2.64. The second kappa shape index (κ2) is 5.28. The number of aryl methyl sites for hydroxylation is 1. The Morgan fingerprint density at radius 1 is 1.37 bits per heavy atom. The molecule has 1 N–H and O–H groups in total. The molecule has 1 aromatic carbocycles. The number of aromatic carboxylic acids is 1. The largest absolute Gasteiger partial charge is 0.496 e. The van der Waals surface area contributed by atoms with E-state index < -0.39 is 5.97 Å². The molecule has 2 rings (SSSR count). The number of hydrogen-bond acceptors (Lipinski definition) is 3. The Labute approximate surface area is 115 Å². The van der Waals surface area contributed by atoms with Crippen molar-refractivity contribution in [3.63, 3.8) is 0 Å². The molecule has 0 aliphatic heterocycles. The Morgan fingerprint density at radius 3 is 2.74 bits per heavy atom. The molecule has 0 bridgehead atoms. The maximum Gasteiger partial charge on any atom is 0.335 e. The minimum atomic E-state index is -0.999. The van der Waals surface area contributed by atoms with E-state index in [2.05, 4.69) is 4.98 Å². The number of carboxylic acids is 1. The van der Waals surface area contributed by atoms with Crippen LogP contribution in [0.15, 0.2) is 30.5 Å². The number of hydrogen-bond donors (Lipinski definition) is 1. The summed E-state index contributed by atoms with van der Waals surface area (Å²) >= 11 is 6.03. The predicted octanol–water partition coefficient (Wildman–Crippen LogP) is 3.42. The summed E-state index contributed by atoms with van der Waals surface area (Å²) in [7, 11) is 1.56. The Hall–Kier alpha value is -2.07. The zero-order chi connectivity index (χ0) is 14.0. The van der Waals surface area contributed by atoms with Crippen LogP contribution in [-0.2, 0) is 0 Å². The van der Waals surface area contributed by atoms with Gasteiger partial charge in [-0.3, -0.25) is 4.98 Å². The molecule has 0 atom stereocenters. The molecule has 1 heterocycles. The number of rotatable bonds is 3. The van der Waals surface area contributed by atoms with E-state index in [1.54, 1.807) is 19.2 Å². The second-order valence-corrected chi connectivity index (χ2v) is 4.47. The summed E-state index contributed by atoms with van der Waals surface area (Å²) in [5.41, 5.74) is 2.23. The van der Waals surface area contributed by atoms with Gasteiger partial charge in [0.15, 0.2) is 0 Å². The van der Waals surface area contributed by atoms with Crippen LogP contribution in [0.5, 0.6) is 5.75 Å². The van der Waals surface area contributed by atoms with Crippen LogP contribution in [-0.4, -0.2) is 23.2 Å². The quantitative estimate of drug-likeness (QED) is 0.934. The number of benzene rings is 1. The van der Waals surface area contributed by atoms with Gasteiger partial charge in [0, 0.05) is 16.8 Å². The first-order valence-electron chi connectivity index (χ1n) is 5.56. The molecule has 98 valence electrons. The molecule has 0 aliphatic rings. The van der Waals surface area contributed by atoms with Crippen LogP contribution < -0.4 is 4.74 Å². The van der Waals surface area contributed by atoms with Crippen molar-refractivity contribution in [1.82, 2.24) is 4.98 Å². The molecule has 19 heavy (non-hydrogen) atoms. The molecular weight excluding hydrogens is 266 g/mol. The van der Waals surface area contributed by atoms with Gasteiger partial charge in [0.05, 0.1) is 18.4 Å². The van der Waals surface area contributed by atoms with Crippen molar-refractivity contribution in [3.8, 4) is 17.0 Å². The Kier molecular flexibility index (Phi) is 3.71. The molecule has 1 aromatic heterocycles. The second-order valence-electron chi connectivity index (χ2n) is 4.04. The smallest absolute Gasteiger partial charge is 0.335 e. The molecule has 2 aromatic rings. The number of methoxy groups -OCH3 is 1. The lowest BCUT2D eigenvalue weighted by molar-refractivity contribution is 0.0697. The molecule has 0 amide bonds. The van der Waals surface area contributed by atoms with Crippen LogP contribution >= 0.6 is 11.6 Å². The number of halogens is 1. The normalized spacial score (nSPS) is 10.3. The Morgan fingerprint density at radius 2 is 2.11 bits per heavy atom. The fraction of sp³-hybridized carbons (Fsp3) is 0.143. The number of nitrogens with zero attached hydrogens (tertiary/aromatic N) is 1. The predicted molar refractivity (Wildman–Crippen MR) is 72.9 cm³/mol. The van der Waals surface area contributed by atoms with Gasteiger partial charge in [-0.1, -0.05) is 11.6 Å². The standard InChI is InChI=1S/C14H12ClNO3/c1-8-5-10(15)7-11(13(8)19-2)12-6-9(14(17)18)3-4-16-12/h3-7H,1-2H3,(H,17,18). The number of carbonyl (C=O) groups is 1. The minimum Gasteiger partial charge on any atom is -0.496 e. The average Bonchev–Trinajstić information content (AvgIpc) is 2.38. The van der Waals surface area contributed by atoms with E-state index in [-0.39, 0.29) is 5.56 Å². The van der Waals surface area contributed by atoms with E-state index in [1.807, 2.05) is 6.92 Å². The van der Waals surface area contributed by atoms with Crippen molar-refractivity contribution in [2.75, 3.05) is 7.11 Å². The highest BCUT2D eigenvalue weighted by Gasteiger charge is 2.13. The van der Waals surface area contributed by atoms with Crippen molar-refractivity contribution in [3.05, 3.63) is 46.6 Å². The van der Waals surface area contributed by atoms with Gasteiger partial charge in [-0.05, 0) is 36.8 Å². The van der Waals surface area contributed by atoms with Crippen LogP contribution in [0.25, 0.3) is 11.3 Å². The van der Waals surface area contributed by atoms with Crippen molar-refractivity contribution < 1.29 is 14.6 Å². The zero-order valence-corrected chi connectivity index (χ0v) is 11.2. The molecule has 0 radical (unpaired) electrons. The van der Waals surface area contributed by atoms with Crippen molar-refractivity contribution >= 4 is 17.6 Å². The summed E-state index contributed by atoms with van der Waals surface area (Å²) in [5, 5.41) is 9.56. The number of ether oxygens (including phenoxy) is 1. The topological polar surface area (TPSA) is 59.4 Å². The van der Waals surface area contributed by atoms with E-state index in [9.17, 15) is 4.79 Å². The summed E-state index contributed by atoms with van der Waals surface area (Å²) in [4.78, 5) is 15.2. The average molecular weight is 278 g/mol. The zero-order valence-electron chi connectivity index (χ0n) is 10.5. The summed E-state index contributed by atoms with van der Waals surface area (Å²) in [6.45, 7) is 1.87. The maximum atomic E-state index is 11.0. The summed E-state index contributed by atoms with van der Waals surface area (Å²) < 4.78 is 5.34. The van der Waals surface area contributed by atoms with Crippen LogP contribution in [0, 0.1) is 6.92 Å². The van der Waals surface area contributed by atoms with Crippen molar-refractivity contribution in [1.29, 1.82) is 0 Å². The molecule has 5 heteroatoms. The van der Waals surface area contributed by atoms with Gasteiger partial charge in [-0.25, -0.2) is 4.79 Å². The van der Waals surface area contributed by atoms with Gasteiger partial charge in [0.25, 0.3) is 0 Å². The molecule has 0 unspecified atom stereocenters. The van der Waals surface area contributed by atoms with Gasteiger partial charge in [-0.15, -0.1) is 0 Å². The molecular formula is C14H12ClNO3. The highest BCUT2D eigenvalue weighted by molar-refractivity contribution is 6.31. The summed E-state index contributed by atoms with van der Waals surface area (Å²) in [6, 6.07) is 6.43. The van der Waals surface area contributed by atoms with Gasteiger partial charge in [-0.2, -0.15) is 0 Å². The van der Waals surface area contributed by atoms with Crippen molar-refractivity contribution in [2.24, 2.45) is 0 Å². The monoisotopic (exact) mass is 277 g/mol. The summed E-state index contributed by atoms with van der Waals surface area (Å²) in [5.74, 6) is -0.360. The highest BCUT2D eigenvalue weighted by Crippen LogP contribution is 2.34. The number of aromatic nitrogens is 1.